The largest absolute Gasteiger partial charge is 0.416 e. The van der Waals surface area contributed by atoms with Crippen LogP contribution < -0.4 is 5.32 Å². The Morgan fingerprint density at radius 1 is 1.08 bits per heavy atom. The van der Waals surface area contributed by atoms with Gasteiger partial charge in [-0.1, -0.05) is 12.1 Å². The lowest BCUT2D eigenvalue weighted by Gasteiger charge is -2.46. The van der Waals surface area contributed by atoms with Gasteiger partial charge in [-0.25, -0.2) is 0 Å². The number of piperazine rings is 1. The second-order valence-electron chi connectivity index (χ2n) is 7.36. The summed E-state index contributed by atoms with van der Waals surface area (Å²) >= 11 is 0. The first-order valence-electron chi connectivity index (χ1n) is 9.24. The minimum atomic E-state index is -4.27. The highest BCUT2D eigenvalue weighted by molar-refractivity contribution is 5.26. The summed E-state index contributed by atoms with van der Waals surface area (Å²) in [6.07, 6.45) is -1.85. The summed E-state index contributed by atoms with van der Waals surface area (Å²) in [6, 6.07) is 6.85. The maximum Gasteiger partial charge on any atom is 0.416 e. The molecule has 2 atom stereocenters. The van der Waals surface area contributed by atoms with Crippen molar-refractivity contribution < 1.29 is 13.2 Å². The van der Waals surface area contributed by atoms with E-state index in [2.05, 4.69) is 29.0 Å². The Balaban J connectivity index is 1.62. The second-order valence-corrected chi connectivity index (χ2v) is 7.36. The Labute approximate surface area is 148 Å². The fourth-order valence-corrected chi connectivity index (χ4v) is 4.22. The van der Waals surface area contributed by atoms with Crippen molar-refractivity contribution in [1.29, 1.82) is 0 Å². The maximum absolute atomic E-state index is 12.7. The molecule has 0 bridgehead atoms. The molecule has 1 N–H and O–H groups in total. The van der Waals surface area contributed by atoms with Gasteiger partial charge in [-0.05, 0) is 57.5 Å². The molecule has 0 aromatic heterocycles. The van der Waals surface area contributed by atoms with Gasteiger partial charge in [0.05, 0.1) is 5.56 Å². The number of nitrogens with one attached hydrogen (secondary N) is 1. The van der Waals surface area contributed by atoms with Crippen LogP contribution in [0.4, 0.5) is 13.2 Å². The Hall–Kier alpha value is -1.11. The quantitative estimate of drug-likeness (QED) is 0.895. The number of benzene rings is 1. The third kappa shape index (κ3) is 4.36. The molecule has 0 saturated carbocycles. The van der Waals surface area contributed by atoms with E-state index in [0.717, 1.165) is 38.3 Å². The topological polar surface area (TPSA) is 18.5 Å². The number of nitrogens with zero attached hydrogens (tertiary/aromatic N) is 2. The van der Waals surface area contributed by atoms with Gasteiger partial charge < -0.3 is 5.32 Å². The maximum atomic E-state index is 12.7. The molecule has 2 aliphatic heterocycles. The number of halogens is 3. The van der Waals surface area contributed by atoms with Crippen molar-refractivity contribution in [2.75, 3.05) is 32.7 Å². The van der Waals surface area contributed by atoms with E-state index < -0.39 is 11.7 Å². The number of hydrogen-bond donors (Lipinski definition) is 1. The predicted octanol–water partition coefficient (Wildman–Crippen LogP) is 3.52. The molecule has 3 nitrogen and oxygen atoms in total. The highest BCUT2D eigenvalue weighted by atomic mass is 19.4. The van der Waals surface area contributed by atoms with E-state index in [0.29, 0.717) is 12.1 Å². The molecule has 0 radical (unpaired) electrons. The van der Waals surface area contributed by atoms with E-state index in [4.69, 9.17) is 0 Å². The molecule has 0 spiro atoms. The first-order chi connectivity index (χ1) is 11.9. The van der Waals surface area contributed by atoms with Crippen LogP contribution in [0.3, 0.4) is 0 Å². The standard InChI is InChI=1S/C19H28F3N3/c1-14-13-24(18-7-9-23-10-8-18)11-12-25(14)15(2)16-3-5-17(6-4-16)19(20,21)22/h3-6,14-15,18,23H,7-13H2,1-2H3. The summed E-state index contributed by atoms with van der Waals surface area (Å²) in [4.78, 5) is 5.02. The van der Waals surface area contributed by atoms with Gasteiger partial charge in [-0.2, -0.15) is 13.2 Å². The predicted molar refractivity (Wildman–Crippen MR) is 93.5 cm³/mol. The van der Waals surface area contributed by atoms with E-state index in [1.54, 1.807) is 12.1 Å². The molecule has 2 fully saturated rings. The van der Waals surface area contributed by atoms with Crippen molar-refractivity contribution in [2.45, 2.75) is 51.0 Å². The summed E-state index contributed by atoms with van der Waals surface area (Å²) in [7, 11) is 0. The Bertz CT molecular complexity index is 552. The number of hydrogen-bond acceptors (Lipinski definition) is 3. The zero-order chi connectivity index (χ0) is 18.0. The van der Waals surface area contributed by atoms with Crippen LogP contribution in [0.5, 0.6) is 0 Å². The van der Waals surface area contributed by atoms with Crippen LogP contribution >= 0.6 is 0 Å². The smallest absolute Gasteiger partial charge is 0.317 e. The first kappa shape index (κ1) is 18.7. The fraction of sp³-hybridized carbons (Fsp3) is 0.684. The van der Waals surface area contributed by atoms with Gasteiger partial charge >= 0.3 is 6.18 Å². The average Bonchev–Trinajstić information content (AvgIpc) is 2.61. The minimum Gasteiger partial charge on any atom is -0.317 e. The lowest BCUT2D eigenvalue weighted by atomic mass is 9.99. The molecule has 25 heavy (non-hydrogen) atoms. The molecule has 3 rings (SSSR count). The number of piperidine rings is 1. The Morgan fingerprint density at radius 3 is 2.28 bits per heavy atom. The Kier molecular flexibility index (Phi) is 5.71. The van der Waals surface area contributed by atoms with Crippen LogP contribution in [0.2, 0.25) is 0 Å². The second kappa shape index (κ2) is 7.64. The summed E-state index contributed by atoms with van der Waals surface area (Å²) in [5.41, 5.74) is 0.377. The molecule has 2 heterocycles. The molecule has 0 amide bonds. The van der Waals surface area contributed by atoms with Crippen LogP contribution in [-0.2, 0) is 6.18 Å². The van der Waals surface area contributed by atoms with E-state index in [1.165, 1.54) is 25.0 Å². The zero-order valence-electron chi connectivity index (χ0n) is 15.0. The van der Waals surface area contributed by atoms with E-state index in [-0.39, 0.29) is 6.04 Å². The van der Waals surface area contributed by atoms with Crippen molar-refractivity contribution >= 4 is 0 Å². The Morgan fingerprint density at radius 2 is 1.72 bits per heavy atom. The van der Waals surface area contributed by atoms with Crippen LogP contribution in [-0.4, -0.2) is 54.6 Å². The molecule has 2 saturated heterocycles. The molecule has 2 unspecified atom stereocenters. The molecular weight excluding hydrogens is 327 g/mol. The summed E-state index contributed by atoms with van der Waals surface area (Å²) in [5.74, 6) is 0. The number of alkyl halides is 3. The van der Waals surface area contributed by atoms with Crippen LogP contribution in [0.1, 0.15) is 43.9 Å². The molecular formula is C19H28F3N3. The molecule has 1 aromatic rings. The van der Waals surface area contributed by atoms with Crippen molar-refractivity contribution in [1.82, 2.24) is 15.1 Å². The van der Waals surface area contributed by atoms with Gasteiger partial charge in [-0.3, -0.25) is 9.80 Å². The molecule has 2 aliphatic rings. The van der Waals surface area contributed by atoms with Gasteiger partial charge in [0.2, 0.25) is 0 Å². The first-order valence-corrected chi connectivity index (χ1v) is 9.24. The van der Waals surface area contributed by atoms with Crippen molar-refractivity contribution in [3.8, 4) is 0 Å². The van der Waals surface area contributed by atoms with Gasteiger partial charge in [-0.15, -0.1) is 0 Å². The van der Waals surface area contributed by atoms with Crippen LogP contribution in [0, 0.1) is 0 Å². The minimum absolute atomic E-state index is 0.132. The van der Waals surface area contributed by atoms with Gasteiger partial charge in [0.25, 0.3) is 0 Å². The van der Waals surface area contributed by atoms with Gasteiger partial charge in [0.1, 0.15) is 0 Å². The van der Waals surface area contributed by atoms with E-state index in [1.807, 2.05) is 0 Å². The van der Waals surface area contributed by atoms with Crippen LogP contribution in [0.25, 0.3) is 0 Å². The molecule has 140 valence electrons. The normalized spacial score (nSPS) is 25.9. The summed E-state index contributed by atoms with van der Waals surface area (Å²) in [5, 5.41) is 3.41. The summed E-state index contributed by atoms with van der Waals surface area (Å²) in [6.45, 7) is 9.57. The highest BCUT2D eigenvalue weighted by Crippen LogP contribution is 2.32. The lowest BCUT2D eigenvalue weighted by molar-refractivity contribution is -0.137. The molecule has 0 aliphatic carbocycles. The van der Waals surface area contributed by atoms with Crippen LogP contribution in [0.15, 0.2) is 24.3 Å². The molecule has 1 aromatic carbocycles. The van der Waals surface area contributed by atoms with Gasteiger partial charge in [0.15, 0.2) is 0 Å². The lowest BCUT2D eigenvalue weighted by Crippen LogP contribution is -2.56. The van der Waals surface area contributed by atoms with E-state index >= 15 is 0 Å². The van der Waals surface area contributed by atoms with E-state index in [9.17, 15) is 13.2 Å². The monoisotopic (exact) mass is 355 g/mol. The zero-order valence-corrected chi connectivity index (χ0v) is 15.0. The fourth-order valence-electron chi connectivity index (χ4n) is 4.22. The highest BCUT2D eigenvalue weighted by Gasteiger charge is 2.33. The average molecular weight is 355 g/mol. The molecule has 6 heteroatoms. The SMILES string of the molecule is CC1CN(C2CCNCC2)CCN1C(C)c1ccc(C(F)(F)F)cc1. The third-order valence-corrected chi connectivity index (χ3v) is 5.75. The van der Waals surface area contributed by atoms with Crippen molar-refractivity contribution in [3.05, 3.63) is 35.4 Å². The number of rotatable bonds is 3. The third-order valence-electron chi connectivity index (χ3n) is 5.75. The van der Waals surface area contributed by atoms with Crippen molar-refractivity contribution in [2.24, 2.45) is 0 Å². The van der Waals surface area contributed by atoms with Crippen molar-refractivity contribution in [3.63, 3.8) is 0 Å². The van der Waals surface area contributed by atoms with Gasteiger partial charge in [0, 0.05) is 37.8 Å². The summed E-state index contributed by atoms with van der Waals surface area (Å²) < 4.78 is 38.2.